The van der Waals surface area contributed by atoms with Gasteiger partial charge in [0.15, 0.2) is 0 Å². The lowest BCUT2D eigenvalue weighted by atomic mass is 9.92. The second-order valence-electron chi connectivity index (χ2n) is 7.62. The molecule has 0 heterocycles. The van der Waals surface area contributed by atoms with E-state index in [2.05, 4.69) is 72.8 Å². The van der Waals surface area contributed by atoms with Gasteiger partial charge in [0.05, 0.1) is 13.2 Å². The summed E-state index contributed by atoms with van der Waals surface area (Å²) in [6.45, 7) is 0.116. The fourth-order valence-electron chi connectivity index (χ4n) is 4.13. The number of benzene rings is 5. The molecule has 30 heavy (non-hydrogen) atoms. The number of rotatable bonds is 4. The minimum atomic E-state index is 0.0581. The van der Waals surface area contributed by atoms with Gasteiger partial charge in [-0.2, -0.15) is 0 Å². The molecule has 0 aliphatic heterocycles. The molecule has 0 aliphatic rings. The van der Waals surface area contributed by atoms with Crippen molar-refractivity contribution in [3.63, 3.8) is 0 Å². The molecule has 2 N–H and O–H groups in total. The van der Waals surface area contributed by atoms with Crippen LogP contribution < -0.4 is 0 Å². The number of aliphatic hydroxyl groups is 2. The van der Waals surface area contributed by atoms with Crippen molar-refractivity contribution < 1.29 is 10.2 Å². The van der Waals surface area contributed by atoms with Gasteiger partial charge in [0.2, 0.25) is 0 Å². The highest BCUT2D eigenvalue weighted by molar-refractivity contribution is 6.08. The third-order valence-corrected chi connectivity index (χ3v) is 5.77. The van der Waals surface area contributed by atoms with E-state index in [1.54, 1.807) is 0 Å². The Kier molecular flexibility index (Phi) is 4.80. The first-order valence-electron chi connectivity index (χ1n) is 10.1. The Morgan fingerprint density at radius 2 is 0.867 bits per heavy atom. The predicted octanol–water partition coefficient (Wildman–Crippen LogP) is 6.31. The summed E-state index contributed by atoms with van der Waals surface area (Å²) in [6, 6.07) is 33.6. The lowest BCUT2D eigenvalue weighted by molar-refractivity contribution is 0.281. The van der Waals surface area contributed by atoms with Gasteiger partial charge < -0.3 is 10.2 Å². The zero-order chi connectivity index (χ0) is 20.5. The van der Waals surface area contributed by atoms with Crippen LogP contribution in [0.3, 0.4) is 0 Å². The van der Waals surface area contributed by atoms with Gasteiger partial charge in [-0.1, -0.05) is 84.9 Å². The largest absolute Gasteiger partial charge is 0.392 e. The van der Waals surface area contributed by atoms with Crippen LogP contribution in [0.2, 0.25) is 0 Å². The average Bonchev–Trinajstić information content (AvgIpc) is 2.82. The molecule has 0 saturated heterocycles. The van der Waals surface area contributed by atoms with Crippen LogP contribution in [-0.4, -0.2) is 10.2 Å². The van der Waals surface area contributed by atoms with Crippen molar-refractivity contribution in [2.75, 3.05) is 0 Å². The third-order valence-electron chi connectivity index (χ3n) is 5.77. The topological polar surface area (TPSA) is 40.5 Å². The zero-order valence-corrected chi connectivity index (χ0v) is 16.5. The Bertz CT molecular complexity index is 1230. The van der Waals surface area contributed by atoms with Gasteiger partial charge in [-0.15, -0.1) is 0 Å². The van der Waals surface area contributed by atoms with Gasteiger partial charge in [-0.3, -0.25) is 0 Å². The molecule has 2 heteroatoms. The monoisotopic (exact) mass is 390 g/mol. The van der Waals surface area contributed by atoms with Crippen molar-refractivity contribution in [3.05, 3.63) is 108 Å². The highest BCUT2D eigenvalue weighted by Crippen LogP contribution is 2.36. The van der Waals surface area contributed by atoms with Crippen molar-refractivity contribution in [3.8, 4) is 22.3 Å². The van der Waals surface area contributed by atoms with Crippen LogP contribution in [0, 0.1) is 0 Å². The van der Waals surface area contributed by atoms with E-state index >= 15 is 0 Å². The van der Waals surface area contributed by atoms with Gasteiger partial charge >= 0.3 is 0 Å². The summed E-state index contributed by atoms with van der Waals surface area (Å²) in [5.74, 6) is 0. The normalized spacial score (nSPS) is 11.3. The maximum Gasteiger partial charge on any atom is 0.0681 e. The standard InChI is InChI=1S/C28H22O2/c29-17-19-7-11-21(12-8-19)25-5-1-3-23-15-28-24(16-27(23)25)4-2-6-26(28)22-13-9-20(18-30)10-14-22/h1-16,29-30H,17-18H2. The number of fused-ring (bicyclic) bond motifs is 2. The SMILES string of the molecule is OCc1ccc(-c2cccc3cc4c(-c5ccc(CO)cc5)cccc4cc23)cc1. The predicted molar refractivity (Wildman–Crippen MR) is 124 cm³/mol. The fraction of sp³-hybridized carbons (Fsp3) is 0.0714. The minimum absolute atomic E-state index is 0.0581. The first kappa shape index (κ1) is 18.6. The van der Waals surface area contributed by atoms with E-state index in [4.69, 9.17) is 0 Å². The molecule has 0 atom stereocenters. The number of aliphatic hydroxyl groups excluding tert-OH is 2. The van der Waals surface area contributed by atoms with Gasteiger partial charge in [0, 0.05) is 0 Å². The third kappa shape index (κ3) is 3.26. The van der Waals surface area contributed by atoms with Gasteiger partial charge in [-0.25, -0.2) is 0 Å². The van der Waals surface area contributed by atoms with Crippen LogP contribution >= 0.6 is 0 Å². The van der Waals surface area contributed by atoms with E-state index in [1.165, 1.54) is 32.7 Å². The smallest absolute Gasteiger partial charge is 0.0681 e. The van der Waals surface area contributed by atoms with Crippen LogP contribution in [0.15, 0.2) is 97.1 Å². The minimum Gasteiger partial charge on any atom is -0.392 e. The van der Waals surface area contributed by atoms with E-state index in [0.29, 0.717) is 0 Å². The van der Waals surface area contributed by atoms with E-state index in [1.807, 2.05) is 24.3 Å². The van der Waals surface area contributed by atoms with Crippen molar-refractivity contribution in [2.24, 2.45) is 0 Å². The molecule has 0 radical (unpaired) electrons. The van der Waals surface area contributed by atoms with Gasteiger partial charge in [0.1, 0.15) is 0 Å². The molecule has 5 aromatic carbocycles. The molecule has 0 bridgehead atoms. The summed E-state index contributed by atoms with van der Waals surface area (Å²) in [6.07, 6.45) is 0. The number of hydrogen-bond acceptors (Lipinski definition) is 2. The van der Waals surface area contributed by atoms with E-state index in [9.17, 15) is 10.2 Å². The zero-order valence-electron chi connectivity index (χ0n) is 16.5. The fourth-order valence-corrected chi connectivity index (χ4v) is 4.13. The molecule has 0 spiro atoms. The van der Waals surface area contributed by atoms with Crippen molar-refractivity contribution in [1.82, 2.24) is 0 Å². The summed E-state index contributed by atoms with van der Waals surface area (Å²) < 4.78 is 0. The molecule has 0 fully saturated rings. The number of hydrogen-bond donors (Lipinski definition) is 2. The van der Waals surface area contributed by atoms with Crippen molar-refractivity contribution in [2.45, 2.75) is 13.2 Å². The lowest BCUT2D eigenvalue weighted by Crippen LogP contribution is -1.87. The second kappa shape index (κ2) is 7.75. The van der Waals surface area contributed by atoms with Crippen LogP contribution in [0.25, 0.3) is 43.8 Å². The molecule has 0 saturated carbocycles. The average molecular weight is 390 g/mol. The Morgan fingerprint density at radius 3 is 1.23 bits per heavy atom. The molecule has 146 valence electrons. The molecule has 0 aliphatic carbocycles. The molecule has 2 nitrogen and oxygen atoms in total. The molecular formula is C28H22O2. The summed E-state index contributed by atoms with van der Waals surface area (Å²) >= 11 is 0. The Hall–Kier alpha value is -3.46. The summed E-state index contributed by atoms with van der Waals surface area (Å²) in [5.41, 5.74) is 6.51. The lowest BCUT2D eigenvalue weighted by Gasteiger charge is -2.12. The van der Waals surface area contributed by atoms with Crippen LogP contribution in [-0.2, 0) is 13.2 Å². The van der Waals surface area contributed by atoms with Crippen molar-refractivity contribution in [1.29, 1.82) is 0 Å². The van der Waals surface area contributed by atoms with E-state index < -0.39 is 0 Å². The highest BCUT2D eigenvalue weighted by atomic mass is 16.3. The van der Waals surface area contributed by atoms with Crippen LogP contribution in [0.1, 0.15) is 11.1 Å². The summed E-state index contributed by atoms with van der Waals surface area (Å²) in [5, 5.41) is 23.5. The van der Waals surface area contributed by atoms with Crippen LogP contribution in [0.5, 0.6) is 0 Å². The summed E-state index contributed by atoms with van der Waals surface area (Å²) in [7, 11) is 0. The maximum absolute atomic E-state index is 9.33. The van der Waals surface area contributed by atoms with Gasteiger partial charge in [-0.05, 0) is 67.1 Å². The maximum atomic E-state index is 9.33. The van der Waals surface area contributed by atoms with Crippen molar-refractivity contribution >= 4 is 21.5 Å². The quantitative estimate of drug-likeness (QED) is 0.353. The Labute approximate surface area is 175 Å². The molecule has 0 unspecified atom stereocenters. The van der Waals surface area contributed by atoms with E-state index in [-0.39, 0.29) is 13.2 Å². The first-order chi connectivity index (χ1) is 14.8. The first-order valence-corrected chi connectivity index (χ1v) is 10.1. The molecular weight excluding hydrogens is 368 g/mol. The Morgan fingerprint density at radius 1 is 0.467 bits per heavy atom. The molecule has 5 rings (SSSR count). The van der Waals surface area contributed by atoms with E-state index in [0.717, 1.165) is 22.3 Å². The Balaban J connectivity index is 1.69. The summed E-state index contributed by atoms with van der Waals surface area (Å²) in [4.78, 5) is 0. The van der Waals surface area contributed by atoms with Crippen LogP contribution in [0.4, 0.5) is 0 Å². The second-order valence-corrected chi connectivity index (χ2v) is 7.62. The molecule has 5 aromatic rings. The molecule has 0 amide bonds. The van der Waals surface area contributed by atoms with Gasteiger partial charge in [0.25, 0.3) is 0 Å². The molecule has 0 aromatic heterocycles. The highest BCUT2D eigenvalue weighted by Gasteiger charge is 2.09.